The fourth-order valence-electron chi connectivity index (χ4n) is 0.839. The molecule has 4 heteroatoms. The van der Waals surface area contributed by atoms with Crippen molar-refractivity contribution < 1.29 is 14.6 Å². The summed E-state index contributed by atoms with van der Waals surface area (Å²) in [5.41, 5.74) is 0.651. The van der Waals surface area contributed by atoms with E-state index in [4.69, 9.17) is 5.11 Å². The first kappa shape index (κ1) is 8.07. The third-order valence-corrected chi connectivity index (χ3v) is 1.40. The van der Waals surface area contributed by atoms with Crippen LogP contribution in [0.4, 0.5) is 0 Å². The van der Waals surface area contributed by atoms with Gasteiger partial charge in [-0.3, -0.25) is 0 Å². The molecule has 62 valence electrons. The Morgan fingerprint density at radius 3 is 3.09 bits per heavy atom. The molecule has 0 aromatic rings. The van der Waals surface area contributed by atoms with E-state index in [2.05, 4.69) is 10.1 Å². The van der Waals surface area contributed by atoms with Crippen molar-refractivity contribution in [3.8, 4) is 0 Å². The van der Waals surface area contributed by atoms with Crippen LogP contribution in [0.15, 0.2) is 11.8 Å². The zero-order chi connectivity index (χ0) is 8.10. The van der Waals surface area contributed by atoms with E-state index in [1.807, 2.05) is 0 Å². The molecule has 1 fully saturated rings. The van der Waals surface area contributed by atoms with Crippen molar-refractivity contribution in [2.75, 3.05) is 19.8 Å². The highest BCUT2D eigenvalue weighted by molar-refractivity contribution is 5.90. The Labute approximate surface area is 64.9 Å². The predicted octanol–water partition coefficient (Wildman–Crippen LogP) is -0.601. The van der Waals surface area contributed by atoms with Gasteiger partial charge in [-0.05, 0) is 0 Å². The molecule has 1 heterocycles. The van der Waals surface area contributed by atoms with Crippen molar-refractivity contribution in [2.45, 2.75) is 6.42 Å². The number of carbonyl (C=O) groups excluding carboxylic acids is 1. The number of esters is 1. The maximum Gasteiger partial charge on any atom is 0.335 e. The Hall–Kier alpha value is -1.03. The van der Waals surface area contributed by atoms with Gasteiger partial charge in [-0.15, -0.1) is 0 Å². The van der Waals surface area contributed by atoms with Gasteiger partial charge in [0.15, 0.2) is 0 Å². The van der Waals surface area contributed by atoms with E-state index in [9.17, 15) is 4.79 Å². The number of cyclic esters (lactones) is 1. The number of nitrogens with one attached hydrogen (secondary N) is 1. The zero-order valence-corrected chi connectivity index (χ0v) is 6.17. The minimum Gasteiger partial charge on any atom is -0.462 e. The summed E-state index contributed by atoms with van der Waals surface area (Å²) in [4.78, 5) is 10.8. The van der Waals surface area contributed by atoms with Crippen LogP contribution in [0.5, 0.6) is 0 Å². The zero-order valence-electron chi connectivity index (χ0n) is 6.17. The lowest BCUT2D eigenvalue weighted by atomic mass is 10.2. The number of carbonyl (C=O) groups is 1. The Kier molecular flexibility index (Phi) is 2.92. The molecule has 0 spiro atoms. The minimum absolute atomic E-state index is 0.0683. The standard InChI is InChI=1S/C7H11NO3/c9-3-2-8-5-6-1-4-11-7(6)10/h5,8-9H,1-4H2. The molecule has 0 saturated carbocycles. The molecule has 1 rings (SSSR count). The van der Waals surface area contributed by atoms with E-state index in [-0.39, 0.29) is 12.6 Å². The van der Waals surface area contributed by atoms with E-state index in [1.165, 1.54) is 0 Å². The molecule has 11 heavy (non-hydrogen) atoms. The van der Waals surface area contributed by atoms with Gasteiger partial charge in [0.1, 0.15) is 0 Å². The number of aliphatic hydroxyl groups excluding tert-OH is 1. The van der Waals surface area contributed by atoms with Gasteiger partial charge in [0.05, 0.1) is 18.8 Å². The molecule has 0 atom stereocenters. The molecular weight excluding hydrogens is 146 g/mol. The van der Waals surface area contributed by atoms with Gasteiger partial charge in [-0.2, -0.15) is 0 Å². The van der Waals surface area contributed by atoms with Gasteiger partial charge in [-0.25, -0.2) is 4.79 Å². The van der Waals surface area contributed by atoms with E-state index in [1.54, 1.807) is 6.20 Å². The fraction of sp³-hybridized carbons (Fsp3) is 0.571. The number of aliphatic hydroxyl groups is 1. The first-order valence-electron chi connectivity index (χ1n) is 3.55. The summed E-state index contributed by atoms with van der Waals surface area (Å²) in [5, 5.41) is 11.2. The molecule has 0 aromatic carbocycles. The summed E-state index contributed by atoms with van der Waals surface area (Å²) in [7, 11) is 0. The Bertz CT molecular complexity index is 177. The topological polar surface area (TPSA) is 58.6 Å². The average Bonchev–Trinajstić information content (AvgIpc) is 2.37. The summed E-state index contributed by atoms with van der Waals surface area (Å²) in [6.07, 6.45) is 2.27. The molecule has 0 aliphatic carbocycles. The highest BCUT2D eigenvalue weighted by atomic mass is 16.5. The van der Waals surface area contributed by atoms with E-state index < -0.39 is 0 Å². The molecule has 1 aliphatic heterocycles. The van der Waals surface area contributed by atoms with Gasteiger partial charge in [0, 0.05) is 19.2 Å². The van der Waals surface area contributed by atoms with Crippen LogP contribution in [0.3, 0.4) is 0 Å². The third-order valence-electron chi connectivity index (χ3n) is 1.40. The van der Waals surface area contributed by atoms with Crippen molar-refractivity contribution in [2.24, 2.45) is 0 Å². The van der Waals surface area contributed by atoms with Gasteiger partial charge in [0.2, 0.25) is 0 Å². The normalized spacial score (nSPS) is 20.5. The molecule has 4 nitrogen and oxygen atoms in total. The number of ether oxygens (including phenoxy) is 1. The highest BCUT2D eigenvalue weighted by Crippen LogP contribution is 2.10. The highest BCUT2D eigenvalue weighted by Gasteiger charge is 2.17. The van der Waals surface area contributed by atoms with Crippen LogP contribution in [0.25, 0.3) is 0 Å². The predicted molar refractivity (Wildman–Crippen MR) is 38.7 cm³/mol. The molecule has 0 radical (unpaired) electrons. The summed E-state index contributed by atoms with van der Waals surface area (Å²) in [6.45, 7) is 1.01. The number of hydrogen-bond acceptors (Lipinski definition) is 4. The Morgan fingerprint density at radius 2 is 2.55 bits per heavy atom. The first-order chi connectivity index (χ1) is 5.34. The summed E-state index contributed by atoms with van der Waals surface area (Å²) >= 11 is 0. The maximum absolute atomic E-state index is 10.8. The van der Waals surface area contributed by atoms with Crippen LogP contribution in [0, 0.1) is 0 Å². The largest absolute Gasteiger partial charge is 0.462 e. The summed E-state index contributed by atoms with van der Waals surface area (Å²) < 4.78 is 4.69. The van der Waals surface area contributed by atoms with Crippen LogP contribution in [-0.4, -0.2) is 30.8 Å². The minimum atomic E-state index is -0.254. The van der Waals surface area contributed by atoms with Crippen LogP contribution < -0.4 is 5.32 Å². The summed E-state index contributed by atoms with van der Waals surface area (Å²) in [6, 6.07) is 0. The number of rotatable bonds is 3. The second-order valence-corrected chi connectivity index (χ2v) is 2.23. The first-order valence-corrected chi connectivity index (χ1v) is 3.55. The van der Waals surface area contributed by atoms with Gasteiger partial charge in [-0.1, -0.05) is 0 Å². The lowest BCUT2D eigenvalue weighted by molar-refractivity contribution is -0.135. The Balaban J connectivity index is 2.33. The second-order valence-electron chi connectivity index (χ2n) is 2.23. The fourth-order valence-corrected chi connectivity index (χ4v) is 0.839. The van der Waals surface area contributed by atoms with Crippen LogP contribution in [-0.2, 0) is 9.53 Å². The molecule has 0 bridgehead atoms. The molecular formula is C7H11NO3. The van der Waals surface area contributed by atoms with E-state index >= 15 is 0 Å². The van der Waals surface area contributed by atoms with Crippen LogP contribution >= 0.6 is 0 Å². The molecule has 2 N–H and O–H groups in total. The Morgan fingerprint density at radius 1 is 1.73 bits per heavy atom. The van der Waals surface area contributed by atoms with Crippen LogP contribution in [0.2, 0.25) is 0 Å². The monoisotopic (exact) mass is 157 g/mol. The molecule has 0 amide bonds. The van der Waals surface area contributed by atoms with Gasteiger partial charge in [0.25, 0.3) is 0 Å². The van der Waals surface area contributed by atoms with Gasteiger partial charge >= 0.3 is 5.97 Å². The van der Waals surface area contributed by atoms with E-state index in [0.29, 0.717) is 25.1 Å². The molecule has 1 saturated heterocycles. The molecule has 0 unspecified atom stereocenters. The second kappa shape index (κ2) is 3.98. The lowest BCUT2D eigenvalue weighted by Crippen LogP contribution is -2.12. The third kappa shape index (κ3) is 2.23. The molecule has 0 aromatic heterocycles. The van der Waals surface area contributed by atoms with Crippen molar-refractivity contribution in [3.05, 3.63) is 11.8 Å². The molecule has 1 aliphatic rings. The SMILES string of the molecule is O=C1OCCC1=CNCCO. The van der Waals surface area contributed by atoms with Crippen LogP contribution in [0.1, 0.15) is 6.42 Å². The van der Waals surface area contributed by atoms with E-state index in [0.717, 1.165) is 0 Å². The van der Waals surface area contributed by atoms with Gasteiger partial charge < -0.3 is 15.2 Å². The number of hydrogen-bond donors (Lipinski definition) is 2. The average molecular weight is 157 g/mol. The summed E-state index contributed by atoms with van der Waals surface area (Å²) in [5.74, 6) is -0.254. The van der Waals surface area contributed by atoms with Crippen molar-refractivity contribution in [1.29, 1.82) is 0 Å². The van der Waals surface area contributed by atoms with Crippen molar-refractivity contribution in [3.63, 3.8) is 0 Å². The lowest BCUT2D eigenvalue weighted by Gasteiger charge is -1.95. The maximum atomic E-state index is 10.8. The smallest absolute Gasteiger partial charge is 0.335 e. The quantitative estimate of drug-likeness (QED) is 0.326. The van der Waals surface area contributed by atoms with Crippen molar-refractivity contribution in [1.82, 2.24) is 5.32 Å². The van der Waals surface area contributed by atoms with Crippen molar-refractivity contribution >= 4 is 5.97 Å².